The van der Waals surface area contributed by atoms with E-state index in [0.717, 1.165) is 0 Å². The largest absolute Gasteiger partial charge is 0.481 e. The molecule has 48 valence electrons. The quantitative estimate of drug-likeness (QED) is 0.630. The van der Waals surface area contributed by atoms with Crippen molar-refractivity contribution in [3.05, 3.63) is 0 Å². The van der Waals surface area contributed by atoms with Crippen LogP contribution >= 0.6 is 11.8 Å². The van der Waals surface area contributed by atoms with Crippen LogP contribution in [-0.2, 0) is 4.79 Å². The van der Waals surface area contributed by atoms with Gasteiger partial charge >= 0.3 is 5.97 Å². The van der Waals surface area contributed by atoms with E-state index in [1.807, 2.05) is 13.2 Å². The summed E-state index contributed by atoms with van der Waals surface area (Å²) in [5, 5.41) is 8.44. The molecule has 1 atom stereocenters. The normalized spacial score (nSPS) is 13.2. The van der Waals surface area contributed by atoms with Crippen LogP contribution in [0.2, 0.25) is 0 Å². The lowest BCUT2D eigenvalue weighted by Crippen LogP contribution is -2.04. The lowest BCUT2D eigenvalue weighted by Gasteiger charge is -2.00. The summed E-state index contributed by atoms with van der Waals surface area (Å²) in [6, 6.07) is 0. The van der Waals surface area contributed by atoms with Crippen molar-refractivity contribution in [2.45, 2.75) is 18.6 Å². The Morgan fingerprint density at radius 3 is 2.50 bits per heavy atom. The summed E-state index contributed by atoms with van der Waals surface area (Å²) in [5.41, 5.74) is 0. The van der Waals surface area contributed by atoms with Gasteiger partial charge in [-0.25, -0.2) is 0 Å². The molecule has 0 bridgehead atoms. The molecule has 0 radical (unpaired) electrons. The zero-order chi connectivity index (χ0) is 6.57. The molecule has 0 aromatic heterocycles. The Balaban J connectivity index is 3.24. The van der Waals surface area contributed by atoms with Gasteiger partial charge in [-0.2, -0.15) is 11.8 Å². The number of rotatable bonds is 3. The third-order valence-electron chi connectivity index (χ3n) is 0.864. The fraction of sp³-hybridized carbons (Fsp3) is 0.800. The predicted molar refractivity (Wildman–Crippen MR) is 35.2 cm³/mol. The molecule has 0 aliphatic carbocycles. The topological polar surface area (TPSA) is 37.3 Å². The first-order valence-electron chi connectivity index (χ1n) is 2.41. The molecule has 0 amide bonds. The summed E-state index contributed by atoms with van der Waals surface area (Å²) < 4.78 is 0. The molecule has 0 aromatic rings. The lowest BCUT2D eigenvalue weighted by molar-refractivity contribution is -0.136. The van der Waals surface area contributed by atoms with Gasteiger partial charge in [-0.1, -0.05) is 6.92 Å². The molecule has 0 saturated carbocycles. The molecule has 0 heterocycles. The highest BCUT2D eigenvalue weighted by molar-refractivity contribution is 7.99. The minimum absolute atomic E-state index is 0.243. The van der Waals surface area contributed by atoms with Gasteiger partial charge in [0.1, 0.15) is 0 Å². The van der Waals surface area contributed by atoms with Crippen molar-refractivity contribution in [3.63, 3.8) is 0 Å². The SMILES string of the molecule is CSC(C)CC(=O)O. The van der Waals surface area contributed by atoms with E-state index >= 15 is 0 Å². The molecule has 8 heavy (non-hydrogen) atoms. The van der Waals surface area contributed by atoms with E-state index in [1.165, 1.54) is 0 Å². The standard InChI is InChI=1S/C5H10O2S/c1-4(8-2)3-5(6)7/h4H,3H2,1-2H3,(H,6,7). The molecule has 0 rings (SSSR count). The molecular weight excluding hydrogens is 124 g/mol. The van der Waals surface area contributed by atoms with Crippen molar-refractivity contribution >= 4 is 17.7 Å². The molecule has 2 nitrogen and oxygen atoms in total. The second-order valence-corrected chi connectivity index (χ2v) is 2.92. The van der Waals surface area contributed by atoms with Crippen LogP contribution < -0.4 is 0 Å². The minimum Gasteiger partial charge on any atom is -0.481 e. The molecule has 1 unspecified atom stereocenters. The van der Waals surface area contributed by atoms with Crippen LogP contribution in [-0.4, -0.2) is 22.6 Å². The summed E-state index contributed by atoms with van der Waals surface area (Å²) in [6.45, 7) is 1.90. The maximum Gasteiger partial charge on any atom is 0.304 e. The van der Waals surface area contributed by atoms with Gasteiger partial charge in [0.2, 0.25) is 0 Å². The third kappa shape index (κ3) is 3.99. The van der Waals surface area contributed by atoms with E-state index in [-0.39, 0.29) is 11.7 Å². The van der Waals surface area contributed by atoms with Gasteiger partial charge in [-0.3, -0.25) is 4.79 Å². The van der Waals surface area contributed by atoms with Gasteiger partial charge in [-0.05, 0) is 6.26 Å². The summed E-state index contributed by atoms with van der Waals surface area (Å²) in [5.74, 6) is -0.716. The number of carboxylic acids is 1. The molecule has 0 spiro atoms. The Hall–Kier alpha value is -0.180. The fourth-order valence-corrected chi connectivity index (χ4v) is 0.638. The van der Waals surface area contributed by atoms with Crippen LogP contribution in [0, 0.1) is 0 Å². The van der Waals surface area contributed by atoms with E-state index < -0.39 is 5.97 Å². The number of thioether (sulfide) groups is 1. The molecule has 0 fully saturated rings. The smallest absolute Gasteiger partial charge is 0.304 e. The van der Waals surface area contributed by atoms with Gasteiger partial charge in [-0.15, -0.1) is 0 Å². The second kappa shape index (κ2) is 3.78. The van der Waals surface area contributed by atoms with Gasteiger partial charge in [0.05, 0.1) is 6.42 Å². The Kier molecular flexibility index (Phi) is 3.69. The first-order valence-corrected chi connectivity index (χ1v) is 3.70. The van der Waals surface area contributed by atoms with Gasteiger partial charge in [0.25, 0.3) is 0 Å². The van der Waals surface area contributed by atoms with E-state index in [9.17, 15) is 4.79 Å². The van der Waals surface area contributed by atoms with Crippen LogP contribution in [0.15, 0.2) is 0 Å². The molecule has 3 heteroatoms. The van der Waals surface area contributed by atoms with Gasteiger partial charge in [0.15, 0.2) is 0 Å². The Bertz CT molecular complexity index is 82.5. The third-order valence-corrected chi connectivity index (χ3v) is 1.84. The van der Waals surface area contributed by atoms with Crippen molar-refractivity contribution in [1.82, 2.24) is 0 Å². The van der Waals surface area contributed by atoms with Crippen LogP contribution in [0.3, 0.4) is 0 Å². The summed E-state index contributed by atoms with van der Waals surface area (Å²) >= 11 is 1.57. The fourth-order valence-electron chi connectivity index (χ4n) is 0.329. The first kappa shape index (κ1) is 7.82. The van der Waals surface area contributed by atoms with E-state index in [1.54, 1.807) is 11.8 Å². The van der Waals surface area contributed by atoms with Crippen LogP contribution in [0.25, 0.3) is 0 Å². The van der Waals surface area contributed by atoms with Gasteiger partial charge in [0, 0.05) is 5.25 Å². The highest BCUT2D eigenvalue weighted by atomic mass is 32.2. The number of aliphatic carboxylic acids is 1. The molecule has 0 aliphatic heterocycles. The molecule has 0 aromatic carbocycles. The maximum atomic E-state index is 9.96. The molecular formula is C5H10O2S. The summed E-state index contributed by atoms with van der Waals surface area (Å²) in [7, 11) is 0. The second-order valence-electron chi connectivity index (χ2n) is 1.64. The van der Waals surface area contributed by atoms with Crippen molar-refractivity contribution in [2.24, 2.45) is 0 Å². The summed E-state index contributed by atoms with van der Waals surface area (Å²) in [4.78, 5) is 9.96. The predicted octanol–water partition coefficient (Wildman–Crippen LogP) is 1.21. The minimum atomic E-state index is -0.716. The average Bonchev–Trinajstić information content (AvgIpc) is 1.65. The Labute approximate surface area is 53.3 Å². The van der Waals surface area contributed by atoms with E-state index in [4.69, 9.17) is 5.11 Å². The highest BCUT2D eigenvalue weighted by Gasteiger charge is 2.03. The Morgan fingerprint density at radius 2 is 2.38 bits per heavy atom. The van der Waals surface area contributed by atoms with Crippen molar-refractivity contribution in [2.75, 3.05) is 6.26 Å². The van der Waals surface area contributed by atoms with E-state index in [2.05, 4.69) is 0 Å². The lowest BCUT2D eigenvalue weighted by atomic mass is 10.3. The van der Waals surface area contributed by atoms with Crippen LogP contribution in [0.1, 0.15) is 13.3 Å². The number of carboxylic acid groups (broad SMARTS) is 1. The number of carbonyl (C=O) groups is 1. The number of hydrogen-bond acceptors (Lipinski definition) is 2. The number of hydrogen-bond donors (Lipinski definition) is 1. The molecule has 1 N–H and O–H groups in total. The van der Waals surface area contributed by atoms with Crippen LogP contribution in [0.5, 0.6) is 0 Å². The monoisotopic (exact) mass is 134 g/mol. The average molecular weight is 134 g/mol. The van der Waals surface area contributed by atoms with Gasteiger partial charge < -0.3 is 5.11 Å². The van der Waals surface area contributed by atoms with Crippen molar-refractivity contribution < 1.29 is 9.90 Å². The molecule has 0 saturated heterocycles. The zero-order valence-electron chi connectivity index (χ0n) is 5.05. The zero-order valence-corrected chi connectivity index (χ0v) is 5.86. The Morgan fingerprint density at radius 1 is 1.88 bits per heavy atom. The summed E-state index contributed by atoms with van der Waals surface area (Å²) in [6.07, 6.45) is 2.18. The van der Waals surface area contributed by atoms with Crippen molar-refractivity contribution in [3.8, 4) is 0 Å². The van der Waals surface area contributed by atoms with E-state index in [0.29, 0.717) is 0 Å². The van der Waals surface area contributed by atoms with Crippen LogP contribution in [0.4, 0.5) is 0 Å². The molecule has 0 aliphatic rings. The maximum absolute atomic E-state index is 9.96. The highest BCUT2D eigenvalue weighted by Crippen LogP contribution is 2.08. The first-order chi connectivity index (χ1) is 3.66. The van der Waals surface area contributed by atoms with Crippen molar-refractivity contribution in [1.29, 1.82) is 0 Å².